The lowest BCUT2D eigenvalue weighted by atomic mass is 10.1. The molecule has 1 saturated heterocycles. The second-order valence-corrected chi connectivity index (χ2v) is 7.74. The number of hydrogen-bond donors (Lipinski definition) is 2. The Labute approximate surface area is 172 Å². The minimum absolute atomic E-state index is 0.0849. The van der Waals surface area contributed by atoms with Crippen LogP contribution in [0.4, 0.5) is 0 Å². The van der Waals surface area contributed by atoms with E-state index in [1.165, 1.54) is 0 Å². The van der Waals surface area contributed by atoms with Crippen molar-refractivity contribution in [1.82, 2.24) is 20.4 Å². The van der Waals surface area contributed by atoms with Gasteiger partial charge in [-0.05, 0) is 43.7 Å². The molecule has 1 aliphatic rings. The van der Waals surface area contributed by atoms with Crippen molar-refractivity contribution in [3.63, 3.8) is 0 Å². The molecule has 0 saturated carbocycles. The third-order valence-electron chi connectivity index (χ3n) is 4.88. The van der Waals surface area contributed by atoms with Crippen LogP contribution in [0.25, 0.3) is 0 Å². The van der Waals surface area contributed by atoms with Gasteiger partial charge in [-0.2, -0.15) is 0 Å². The first-order valence-electron chi connectivity index (χ1n) is 10.1. The first-order valence-corrected chi connectivity index (χ1v) is 10.1. The number of carbonyl (C=O) groups excluding carboxylic acids is 2. The van der Waals surface area contributed by atoms with Crippen molar-refractivity contribution in [2.45, 2.75) is 33.0 Å². The summed E-state index contributed by atoms with van der Waals surface area (Å²) >= 11 is 0. The summed E-state index contributed by atoms with van der Waals surface area (Å²) in [6, 6.07) is 11.6. The maximum Gasteiger partial charge on any atom is 0.251 e. The van der Waals surface area contributed by atoms with E-state index in [0.717, 1.165) is 44.0 Å². The summed E-state index contributed by atoms with van der Waals surface area (Å²) < 4.78 is 5.24. The Balaban J connectivity index is 1.45. The van der Waals surface area contributed by atoms with Crippen LogP contribution in [-0.4, -0.2) is 60.4 Å². The highest BCUT2D eigenvalue weighted by Gasteiger charge is 2.19. The molecule has 1 aromatic heterocycles. The van der Waals surface area contributed by atoms with E-state index in [9.17, 15) is 9.59 Å². The van der Waals surface area contributed by atoms with E-state index in [0.29, 0.717) is 18.7 Å². The van der Waals surface area contributed by atoms with E-state index in [2.05, 4.69) is 20.4 Å². The number of nitrogens with one attached hydrogen (secondary N) is 2. The van der Waals surface area contributed by atoms with E-state index in [1.54, 1.807) is 12.3 Å². The van der Waals surface area contributed by atoms with Gasteiger partial charge in [-0.15, -0.1) is 0 Å². The van der Waals surface area contributed by atoms with Crippen LogP contribution in [0.1, 0.15) is 35.5 Å². The predicted molar refractivity (Wildman–Crippen MR) is 111 cm³/mol. The summed E-state index contributed by atoms with van der Waals surface area (Å²) in [5, 5.41) is 5.82. The van der Waals surface area contributed by atoms with Crippen molar-refractivity contribution >= 4 is 11.8 Å². The average Bonchev–Trinajstić information content (AvgIpc) is 3.21. The van der Waals surface area contributed by atoms with E-state index in [4.69, 9.17) is 4.42 Å². The lowest BCUT2D eigenvalue weighted by Gasteiger charge is -2.34. The molecule has 0 spiro atoms. The summed E-state index contributed by atoms with van der Waals surface area (Å²) in [6.45, 7) is 9.13. The maximum atomic E-state index is 12.4. The lowest BCUT2D eigenvalue weighted by Crippen LogP contribution is -2.49. The van der Waals surface area contributed by atoms with E-state index < -0.39 is 0 Å². The van der Waals surface area contributed by atoms with Gasteiger partial charge in [-0.25, -0.2) is 0 Å². The molecule has 0 unspecified atom stereocenters. The molecule has 2 N–H and O–H groups in total. The van der Waals surface area contributed by atoms with Crippen molar-refractivity contribution in [2.75, 3.05) is 32.7 Å². The van der Waals surface area contributed by atoms with Crippen LogP contribution in [0.2, 0.25) is 0 Å². The molecular formula is C22H30N4O3. The number of piperazine rings is 1. The monoisotopic (exact) mass is 398 g/mol. The molecule has 0 radical (unpaired) electrons. The van der Waals surface area contributed by atoms with Gasteiger partial charge in [-0.1, -0.05) is 12.1 Å². The molecule has 7 heteroatoms. The standard InChI is InChI=1S/C22H30N4O3/c1-17(2)24-21(27)16-26-10-8-25(9-11-26)15-18-5-3-6-19(13-18)22(28)23-14-20-7-4-12-29-20/h3-7,12-13,17H,8-11,14-16H2,1-2H3,(H,23,28)(H,24,27). The highest BCUT2D eigenvalue weighted by atomic mass is 16.3. The van der Waals surface area contributed by atoms with E-state index in [1.807, 2.05) is 44.2 Å². The van der Waals surface area contributed by atoms with Crippen LogP contribution in [0.3, 0.4) is 0 Å². The van der Waals surface area contributed by atoms with Crippen molar-refractivity contribution in [3.05, 3.63) is 59.5 Å². The minimum atomic E-state index is -0.107. The van der Waals surface area contributed by atoms with Gasteiger partial charge in [-0.3, -0.25) is 19.4 Å². The molecule has 1 aliphatic heterocycles. The molecule has 0 atom stereocenters. The molecule has 3 rings (SSSR count). The molecule has 0 aliphatic carbocycles. The van der Waals surface area contributed by atoms with Crippen LogP contribution in [0.15, 0.2) is 47.1 Å². The van der Waals surface area contributed by atoms with Crippen LogP contribution < -0.4 is 10.6 Å². The number of furan rings is 1. The van der Waals surface area contributed by atoms with Crippen LogP contribution in [0.5, 0.6) is 0 Å². The number of hydrogen-bond acceptors (Lipinski definition) is 5. The molecule has 1 fully saturated rings. The van der Waals surface area contributed by atoms with Gasteiger partial charge in [0.05, 0.1) is 19.4 Å². The summed E-state index contributed by atoms with van der Waals surface area (Å²) in [7, 11) is 0. The van der Waals surface area contributed by atoms with E-state index in [-0.39, 0.29) is 17.9 Å². The third-order valence-corrected chi connectivity index (χ3v) is 4.88. The topological polar surface area (TPSA) is 77.8 Å². The Kier molecular flexibility index (Phi) is 7.43. The first-order chi connectivity index (χ1) is 14.0. The van der Waals surface area contributed by atoms with Crippen LogP contribution >= 0.6 is 0 Å². The summed E-state index contributed by atoms with van der Waals surface area (Å²) in [6.07, 6.45) is 1.60. The quantitative estimate of drug-likeness (QED) is 0.710. The molecular weight excluding hydrogens is 368 g/mol. The fourth-order valence-corrected chi connectivity index (χ4v) is 3.43. The van der Waals surface area contributed by atoms with Gasteiger partial charge in [0, 0.05) is 44.3 Å². The number of amides is 2. The second-order valence-electron chi connectivity index (χ2n) is 7.74. The first kappa shape index (κ1) is 21.1. The molecule has 29 heavy (non-hydrogen) atoms. The Morgan fingerprint density at radius 2 is 1.83 bits per heavy atom. The normalized spacial score (nSPS) is 15.4. The Morgan fingerprint density at radius 1 is 1.07 bits per heavy atom. The molecule has 1 aromatic carbocycles. The zero-order valence-corrected chi connectivity index (χ0v) is 17.2. The number of rotatable bonds is 8. The summed E-state index contributed by atoms with van der Waals surface area (Å²) in [5.74, 6) is 0.709. The number of nitrogens with zero attached hydrogens (tertiary/aromatic N) is 2. The molecule has 156 valence electrons. The van der Waals surface area contributed by atoms with Crippen LogP contribution in [-0.2, 0) is 17.9 Å². The number of carbonyl (C=O) groups is 2. The second kappa shape index (κ2) is 10.2. The average molecular weight is 399 g/mol. The van der Waals surface area contributed by atoms with Crippen molar-refractivity contribution in [2.24, 2.45) is 0 Å². The van der Waals surface area contributed by atoms with Gasteiger partial charge in [0.1, 0.15) is 5.76 Å². The zero-order valence-electron chi connectivity index (χ0n) is 17.2. The van der Waals surface area contributed by atoms with Gasteiger partial charge in [0.25, 0.3) is 5.91 Å². The van der Waals surface area contributed by atoms with Crippen molar-refractivity contribution < 1.29 is 14.0 Å². The smallest absolute Gasteiger partial charge is 0.251 e. The summed E-state index contributed by atoms with van der Waals surface area (Å²) in [5.41, 5.74) is 1.76. The molecule has 0 bridgehead atoms. The number of benzene rings is 1. The van der Waals surface area contributed by atoms with Crippen LogP contribution in [0, 0.1) is 0 Å². The fourth-order valence-electron chi connectivity index (χ4n) is 3.43. The van der Waals surface area contributed by atoms with E-state index >= 15 is 0 Å². The van der Waals surface area contributed by atoms with Crippen molar-refractivity contribution in [3.8, 4) is 0 Å². The zero-order chi connectivity index (χ0) is 20.6. The SMILES string of the molecule is CC(C)NC(=O)CN1CCN(Cc2cccc(C(=O)NCc3ccco3)c2)CC1. The van der Waals surface area contributed by atoms with Gasteiger partial charge < -0.3 is 15.1 Å². The Bertz CT molecular complexity index is 796. The van der Waals surface area contributed by atoms with Crippen molar-refractivity contribution in [1.29, 1.82) is 0 Å². The predicted octanol–water partition coefficient (Wildman–Crippen LogP) is 1.85. The minimum Gasteiger partial charge on any atom is -0.467 e. The lowest BCUT2D eigenvalue weighted by molar-refractivity contribution is -0.123. The maximum absolute atomic E-state index is 12.4. The molecule has 2 aromatic rings. The highest BCUT2D eigenvalue weighted by Crippen LogP contribution is 2.11. The molecule has 7 nitrogen and oxygen atoms in total. The highest BCUT2D eigenvalue weighted by molar-refractivity contribution is 5.94. The van der Waals surface area contributed by atoms with Gasteiger partial charge >= 0.3 is 0 Å². The Hall–Kier alpha value is -2.64. The summed E-state index contributed by atoms with van der Waals surface area (Å²) in [4.78, 5) is 28.9. The Morgan fingerprint density at radius 3 is 2.52 bits per heavy atom. The largest absolute Gasteiger partial charge is 0.467 e. The molecule has 2 heterocycles. The van der Waals surface area contributed by atoms with Gasteiger partial charge in [0.15, 0.2) is 0 Å². The third kappa shape index (κ3) is 6.73. The van der Waals surface area contributed by atoms with Gasteiger partial charge in [0.2, 0.25) is 5.91 Å². The molecule has 2 amide bonds. The fraction of sp³-hybridized carbons (Fsp3) is 0.455.